The molecule has 4 nitrogen and oxygen atoms in total. The van der Waals surface area contributed by atoms with Crippen LogP contribution in [-0.4, -0.2) is 14.5 Å². The van der Waals surface area contributed by atoms with Crippen molar-refractivity contribution in [3.05, 3.63) is 114 Å². The zero-order chi connectivity index (χ0) is 26.7. The summed E-state index contributed by atoms with van der Waals surface area (Å²) in [6.07, 6.45) is 0. The molecule has 0 spiro atoms. The third kappa shape index (κ3) is 3.83. The van der Waals surface area contributed by atoms with Gasteiger partial charge in [-0.25, -0.2) is 9.97 Å². The van der Waals surface area contributed by atoms with E-state index in [1.54, 1.807) is 0 Å². The average molecular weight is 508 g/mol. The van der Waals surface area contributed by atoms with E-state index in [4.69, 9.17) is 14.4 Å². The summed E-state index contributed by atoms with van der Waals surface area (Å²) in [5.74, 6) is 0.870. The lowest BCUT2D eigenvalue weighted by molar-refractivity contribution is 0.590. The highest BCUT2D eigenvalue weighted by Crippen LogP contribution is 2.39. The first-order chi connectivity index (χ1) is 18.9. The molecule has 0 N–H and O–H groups in total. The number of rotatable bonds is 3. The summed E-state index contributed by atoms with van der Waals surface area (Å²) >= 11 is 0. The lowest BCUT2D eigenvalue weighted by atomic mass is 9.85. The normalized spacial score (nSPS) is 12.1. The summed E-state index contributed by atoms with van der Waals surface area (Å²) in [4.78, 5) is 10.1. The summed E-state index contributed by atoms with van der Waals surface area (Å²) in [6.45, 7) is 8.81. The van der Waals surface area contributed by atoms with Crippen molar-refractivity contribution in [2.24, 2.45) is 0 Å². The number of fused-ring (bicyclic) bond motifs is 4. The van der Waals surface area contributed by atoms with E-state index in [1.165, 1.54) is 16.7 Å². The van der Waals surface area contributed by atoms with Crippen LogP contribution in [-0.2, 0) is 5.41 Å². The summed E-state index contributed by atoms with van der Waals surface area (Å²) in [5.41, 5.74) is 10.1. The lowest BCUT2D eigenvalue weighted by Crippen LogP contribution is -2.12. The summed E-state index contributed by atoms with van der Waals surface area (Å²) in [7, 11) is 0. The number of imidazole rings is 1. The van der Waals surface area contributed by atoms with Crippen LogP contribution in [0.5, 0.6) is 0 Å². The van der Waals surface area contributed by atoms with E-state index in [1.807, 2.05) is 31.2 Å². The molecule has 0 aliphatic rings. The predicted octanol–water partition coefficient (Wildman–Crippen LogP) is 9.26. The Kier molecular flexibility index (Phi) is 5.21. The molecule has 7 rings (SSSR count). The molecule has 39 heavy (non-hydrogen) atoms. The Labute approximate surface area is 227 Å². The molecule has 0 saturated heterocycles. The number of pyridine rings is 1. The maximum Gasteiger partial charge on any atom is 0.227 e. The van der Waals surface area contributed by atoms with Gasteiger partial charge in [0.1, 0.15) is 11.4 Å². The van der Waals surface area contributed by atoms with Crippen molar-refractivity contribution >= 4 is 33.1 Å². The monoisotopic (exact) mass is 507 g/mol. The Hall–Kier alpha value is -4.70. The van der Waals surface area contributed by atoms with Crippen molar-refractivity contribution in [2.45, 2.75) is 33.1 Å². The van der Waals surface area contributed by atoms with E-state index in [9.17, 15) is 0 Å². The third-order valence-electron chi connectivity index (χ3n) is 7.55. The van der Waals surface area contributed by atoms with Gasteiger partial charge in [-0.2, -0.15) is 0 Å². The van der Waals surface area contributed by atoms with Crippen molar-refractivity contribution in [3.8, 4) is 28.2 Å². The molecule has 4 heteroatoms. The Bertz CT molecular complexity index is 2010. The van der Waals surface area contributed by atoms with Gasteiger partial charge in [0.25, 0.3) is 0 Å². The number of benzene rings is 4. The maximum atomic E-state index is 6.08. The summed E-state index contributed by atoms with van der Waals surface area (Å²) in [6, 6.07) is 36.1. The number of nitrogens with zero attached hydrogens (tertiary/aromatic N) is 3. The van der Waals surface area contributed by atoms with E-state index in [0.29, 0.717) is 5.71 Å². The minimum atomic E-state index is 0.0236. The van der Waals surface area contributed by atoms with Gasteiger partial charge in [0, 0.05) is 21.9 Å². The molecule has 7 aromatic rings. The fourth-order valence-electron chi connectivity index (χ4n) is 5.46. The van der Waals surface area contributed by atoms with E-state index in [2.05, 4.69) is 104 Å². The van der Waals surface area contributed by atoms with Crippen LogP contribution < -0.4 is 0 Å². The Morgan fingerprint density at radius 2 is 1.44 bits per heavy atom. The first-order valence-corrected chi connectivity index (χ1v) is 13.4. The minimum absolute atomic E-state index is 0.0236. The van der Waals surface area contributed by atoms with Crippen molar-refractivity contribution in [3.63, 3.8) is 0 Å². The number of hydrogen-bond donors (Lipinski definition) is 0. The van der Waals surface area contributed by atoms with Gasteiger partial charge in [-0.3, -0.25) is 4.57 Å². The number of furan rings is 1. The number of aromatic nitrogens is 3. The largest absolute Gasteiger partial charge is 0.438 e. The molecule has 0 amide bonds. The number of para-hydroxylation sites is 3. The smallest absolute Gasteiger partial charge is 0.227 e. The number of aryl methyl sites for hydroxylation is 1. The standard InChI is InChI=1S/C35H29N3O/c1-22-26(21-28-25-14-8-11-17-32(25)39-34(28)36-22)33-37-29-15-9-10-16-31(29)38(33)30-19-18-24(35(2,3)4)20-27(30)23-12-6-5-7-13-23/h5-21H,1-4H3. The SMILES string of the molecule is Cc1nc2oc3ccccc3c2cc1-c1nc2ccccc2n1-c1ccc(C(C)(C)C)cc1-c1ccccc1. The Morgan fingerprint density at radius 3 is 2.26 bits per heavy atom. The molecule has 0 unspecified atom stereocenters. The second-order valence-electron chi connectivity index (χ2n) is 11.2. The molecule has 0 aliphatic carbocycles. The van der Waals surface area contributed by atoms with Crippen LogP contribution in [0, 0.1) is 6.92 Å². The second kappa shape index (κ2) is 8.67. The van der Waals surface area contributed by atoms with Crippen molar-refractivity contribution in [1.82, 2.24) is 14.5 Å². The first-order valence-electron chi connectivity index (χ1n) is 13.4. The summed E-state index contributed by atoms with van der Waals surface area (Å²) < 4.78 is 8.38. The van der Waals surface area contributed by atoms with E-state index >= 15 is 0 Å². The van der Waals surface area contributed by atoms with Crippen LogP contribution in [0.3, 0.4) is 0 Å². The quantitative estimate of drug-likeness (QED) is 0.239. The van der Waals surface area contributed by atoms with Crippen molar-refractivity contribution in [2.75, 3.05) is 0 Å². The highest BCUT2D eigenvalue weighted by atomic mass is 16.3. The summed E-state index contributed by atoms with van der Waals surface area (Å²) in [5, 5.41) is 2.06. The van der Waals surface area contributed by atoms with Crippen LogP contribution in [0.15, 0.2) is 108 Å². The van der Waals surface area contributed by atoms with Crippen LogP contribution in [0.1, 0.15) is 32.0 Å². The highest BCUT2D eigenvalue weighted by molar-refractivity contribution is 6.05. The molecule has 3 heterocycles. The van der Waals surface area contributed by atoms with Gasteiger partial charge in [0.15, 0.2) is 0 Å². The van der Waals surface area contributed by atoms with Gasteiger partial charge in [0.05, 0.1) is 22.4 Å². The molecule has 0 fully saturated rings. The zero-order valence-corrected chi connectivity index (χ0v) is 22.6. The first kappa shape index (κ1) is 23.4. The minimum Gasteiger partial charge on any atom is -0.438 e. The van der Waals surface area contributed by atoms with Gasteiger partial charge < -0.3 is 4.42 Å². The highest BCUT2D eigenvalue weighted by Gasteiger charge is 2.23. The van der Waals surface area contributed by atoms with E-state index < -0.39 is 0 Å². The molecule has 4 aromatic carbocycles. The van der Waals surface area contributed by atoms with Gasteiger partial charge in [0.2, 0.25) is 5.71 Å². The molecular formula is C35H29N3O. The van der Waals surface area contributed by atoms with Gasteiger partial charge in [-0.15, -0.1) is 0 Å². The molecule has 0 bridgehead atoms. The molecule has 3 aromatic heterocycles. The third-order valence-corrected chi connectivity index (χ3v) is 7.55. The molecule has 0 atom stereocenters. The van der Waals surface area contributed by atoms with E-state index in [-0.39, 0.29) is 5.41 Å². The van der Waals surface area contributed by atoms with Gasteiger partial charge in [-0.1, -0.05) is 87.5 Å². The van der Waals surface area contributed by atoms with Crippen LogP contribution in [0.4, 0.5) is 0 Å². The maximum absolute atomic E-state index is 6.08. The van der Waals surface area contributed by atoms with Crippen LogP contribution in [0.2, 0.25) is 0 Å². The number of hydrogen-bond acceptors (Lipinski definition) is 3. The van der Waals surface area contributed by atoms with Crippen LogP contribution in [0.25, 0.3) is 61.3 Å². The van der Waals surface area contributed by atoms with Crippen LogP contribution >= 0.6 is 0 Å². The molecule has 0 aliphatic heterocycles. The van der Waals surface area contributed by atoms with Crippen molar-refractivity contribution < 1.29 is 4.42 Å². The molecular weight excluding hydrogens is 478 g/mol. The molecule has 0 saturated carbocycles. The Balaban J connectivity index is 1.56. The fourth-order valence-corrected chi connectivity index (χ4v) is 5.46. The fraction of sp³-hybridized carbons (Fsp3) is 0.143. The molecule has 0 radical (unpaired) electrons. The second-order valence-corrected chi connectivity index (χ2v) is 11.2. The van der Waals surface area contributed by atoms with E-state index in [0.717, 1.165) is 50.2 Å². The average Bonchev–Trinajstić information content (AvgIpc) is 3.50. The molecule has 190 valence electrons. The lowest BCUT2D eigenvalue weighted by Gasteiger charge is -2.23. The van der Waals surface area contributed by atoms with Gasteiger partial charge >= 0.3 is 0 Å². The topological polar surface area (TPSA) is 43.9 Å². The van der Waals surface area contributed by atoms with Crippen molar-refractivity contribution in [1.29, 1.82) is 0 Å². The zero-order valence-electron chi connectivity index (χ0n) is 22.6. The predicted molar refractivity (Wildman–Crippen MR) is 160 cm³/mol. The van der Waals surface area contributed by atoms with Gasteiger partial charge in [-0.05, 0) is 59.9 Å². The Morgan fingerprint density at radius 1 is 0.692 bits per heavy atom.